The maximum atomic E-state index is 13.1. The molecule has 35 heavy (non-hydrogen) atoms. The van der Waals surface area contributed by atoms with Crippen LogP contribution in [0.3, 0.4) is 0 Å². The van der Waals surface area contributed by atoms with E-state index in [1.54, 1.807) is 37.3 Å². The van der Waals surface area contributed by atoms with Crippen LogP contribution in [0.5, 0.6) is 0 Å². The molecule has 1 aromatic heterocycles. The molecule has 0 unspecified atom stereocenters. The van der Waals surface area contributed by atoms with Crippen LogP contribution in [0.15, 0.2) is 46.1 Å². The average molecular weight is 515 g/mol. The first-order valence-electron chi connectivity index (χ1n) is 10.7. The molecule has 4 rings (SSSR count). The van der Waals surface area contributed by atoms with Gasteiger partial charge in [0.2, 0.25) is 0 Å². The summed E-state index contributed by atoms with van der Waals surface area (Å²) in [6, 6.07) is 8.51. The predicted molar refractivity (Wildman–Crippen MR) is 128 cm³/mol. The van der Waals surface area contributed by atoms with E-state index in [-0.39, 0.29) is 42.5 Å². The maximum absolute atomic E-state index is 13.1. The van der Waals surface area contributed by atoms with Gasteiger partial charge in [-0.3, -0.25) is 23.9 Å². The molecular formula is C26H25FeN3O5+2. The van der Waals surface area contributed by atoms with Crippen molar-refractivity contribution in [3.05, 3.63) is 127 Å². The number of amides is 1. The number of rotatable bonds is 7. The van der Waals surface area contributed by atoms with Gasteiger partial charge in [0.05, 0.1) is 6.61 Å². The van der Waals surface area contributed by atoms with E-state index >= 15 is 0 Å². The minimum absolute atomic E-state index is 0. The first kappa shape index (κ1) is 28.6. The number of aromatic amines is 1. The van der Waals surface area contributed by atoms with Crippen LogP contribution >= 0.6 is 0 Å². The van der Waals surface area contributed by atoms with Gasteiger partial charge in [-0.25, -0.2) is 4.79 Å². The number of aromatic nitrogens is 2. The van der Waals surface area contributed by atoms with Crippen LogP contribution in [-0.4, -0.2) is 34.6 Å². The number of carbonyl (C=O) groups is 2. The van der Waals surface area contributed by atoms with Crippen LogP contribution in [0.25, 0.3) is 0 Å². The maximum Gasteiger partial charge on any atom is 2.00 e. The molecule has 0 aliphatic heterocycles. The van der Waals surface area contributed by atoms with Crippen LogP contribution in [0.1, 0.15) is 17.3 Å². The molecule has 9 heteroatoms. The van der Waals surface area contributed by atoms with Crippen LogP contribution < -0.4 is 16.1 Å². The average Bonchev–Trinajstić information content (AvgIpc) is 3.57. The van der Waals surface area contributed by atoms with E-state index < -0.39 is 23.1 Å². The summed E-state index contributed by atoms with van der Waals surface area (Å²) in [6.45, 7) is 1.57. The van der Waals surface area contributed by atoms with Crippen molar-refractivity contribution < 1.29 is 31.4 Å². The van der Waals surface area contributed by atoms with Gasteiger partial charge in [-0.15, -0.1) is 0 Å². The van der Waals surface area contributed by atoms with Crippen LogP contribution in [0.2, 0.25) is 0 Å². The Morgan fingerprint density at radius 1 is 0.943 bits per heavy atom. The zero-order valence-electron chi connectivity index (χ0n) is 19.1. The molecule has 1 amide bonds. The fourth-order valence-corrected chi connectivity index (χ4v) is 3.18. The third kappa shape index (κ3) is 8.51. The second kappa shape index (κ2) is 14.7. The number of anilines is 1. The number of hydrogen-bond acceptors (Lipinski definition) is 5. The Morgan fingerprint density at radius 3 is 2.11 bits per heavy atom. The molecule has 8 nitrogen and oxygen atoms in total. The molecule has 1 heterocycles. The number of nitrogens with one attached hydrogen (secondary N) is 1. The molecular weight excluding hydrogens is 490 g/mol. The summed E-state index contributed by atoms with van der Waals surface area (Å²) in [4.78, 5) is 53.0. The molecule has 2 aromatic rings. The van der Waals surface area contributed by atoms with Crippen molar-refractivity contribution in [2.45, 2.75) is 13.5 Å². The van der Waals surface area contributed by atoms with Crippen molar-refractivity contribution >= 4 is 17.6 Å². The summed E-state index contributed by atoms with van der Waals surface area (Å²) in [7, 11) is 0. The fraction of sp³-hybridized carbons (Fsp3) is 0.154. The van der Waals surface area contributed by atoms with E-state index in [9.17, 15) is 19.2 Å². The van der Waals surface area contributed by atoms with Gasteiger partial charge in [-0.05, 0) is 76.8 Å². The second-order valence-corrected chi connectivity index (χ2v) is 7.22. The fourth-order valence-electron chi connectivity index (χ4n) is 3.18. The van der Waals surface area contributed by atoms with Crippen LogP contribution in [0, 0.1) is 63.7 Å². The van der Waals surface area contributed by atoms with Gasteiger partial charge in [-0.1, -0.05) is 18.2 Å². The zero-order chi connectivity index (χ0) is 24.3. The van der Waals surface area contributed by atoms with Crippen molar-refractivity contribution in [3.8, 4) is 0 Å². The number of hydrogen-bond donors (Lipinski definition) is 1. The number of carbonyl (C=O) groups excluding carboxylic acids is 2. The van der Waals surface area contributed by atoms with E-state index in [1.165, 1.54) is 11.1 Å². The zero-order valence-corrected chi connectivity index (χ0v) is 20.2. The molecule has 2 saturated carbocycles. The molecule has 10 radical (unpaired) electrons. The molecule has 1 aromatic carbocycles. The summed E-state index contributed by atoms with van der Waals surface area (Å²) < 4.78 is 5.88. The van der Waals surface area contributed by atoms with Gasteiger partial charge in [0.25, 0.3) is 11.5 Å². The summed E-state index contributed by atoms with van der Waals surface area (Å²) >= 11 is 0. The van der Waals surface area contributed by atoms with Crippen molar-refractivity contribution in [2.24, 2.45) is 0 Å². The molecule has 0 atom stereocenters. The monoisotopic (exact) mass is 515 g/mol. The summed E-state index contributed by atoms with van der Waals surface area (Å²) in [5.74, 6) is -0.208. The molecule has 0 bridgehead atoms. The molecule has 180 valence electrons. The van der Waals surface area contributed by atoms with Crippen molar-refractivity contribution in [1.82, 2.24) is 9.55 Å². The van der Waals surface area contributed by atoms with Gasteiger partial charge in [0.15, 0.2) is 0 Å². The first-order valence-corrected chi connectivity index (χ1v) is 10.7. The minimum atomic E-state index is -0.757. The van der Waals surface area contributed by atoms with Crippen molar-refractivity contribution in [2.75, 3.05) is 18.1 Å². The SMILES string of the molecule is CCOC(=O)Cn1cc(N(C[C]2[CH][CH][CH][CH]2)C(=O)c2ccccc2)c(=O)[nH]c1=O.[CH]1[CH][CH][CH][CH]1.[Fe+2]. The van der Waals surface area contributed by atoms with E-state index in [4.69, 9.17) is 4.74 Å². The Bertz CT molecular complexity index is 1050. The smallest absolute Gasteiger partial charge is 0.465 e. The van der Waals surface area contributed by atoms with E-state index in [0.29, 0.717) is 5.56 Å². The van der Waals surface area contributed by atoms with Gasteiger partial charge >= 0.3 is 28.7 Å². The number of esters is 1. The van der Waals surface area contributed by atoms with Gasteiger partial charge in [0.1, 0.15) is 12.2 Å². The van der Waals surface area contributed by atoms with Gasteiger partial charge in [0, 0.05) is 24.2 Å². The third-order valence-corrected chi connectivity index (χ3v) is 4.78. The number of nitrogens with zero attached hydrogens (tertiary/aromatic N) is 2. The van der Waals surface area contributed by atoms with Gasteiger partial charge in [-0.2, -0.15) is 0 Å². The molecule has 0 saturated heterocycles. The van der Waals surface area contributed by atoms with Crippen LogP contribution in [-0.2, 0) is 33.1 Å². The van der Waals surface area contributed by atoms with E-state index in [0.717, 1.165) is 10.5 Å². The largest absolute Gasteiger partial charge is 2.00 e. The molecule has 2 aliphatic rings. The minimum Gasteiger partial charge on any atom is -0.465 e. The summed E-state index contributed by atoms with van der Waals surface area (Å²) in [5.41, 5.74) is -1.12. The molecule has 2 aliphatic carbocycles. The van der Waals surface area contributed by atoms with Crippen molar-refractivity contribution in [1.29, 1.82) is 0 Å². The number of benzene rings is 1. The number of ether oxygens (including phenoxy) is 1. The quantitative estimate of drug-likeness (QED) is 0.450. The molecule has 2 fully saturated rings. The van der Waals surface area contributed by atoms with E-state index in [2.05, 4.69) is 4.98 Å². The Hall–Kier alpha value is -2.64. The standard InChI is InChI=1S/C21H20N3O5.C5H5.Fe/c1-2-29-18(25)14-23-13-17(19(26)22-21(23)28)24(12-15-8-6-7-9-15)20(27)16-10-4-3-5-11-16;1-2-4-5-3-1;/h3-11,13H,2,12,14H2,1H3,(H,22,26,28);1-5H;/q;;+2. The Labute approximate surface area is 216 Å². The number of H-pyrrole nitrogens is 1. The van der Waals surface area contributed by atoms with E-state index in [1.807, 2.05) is 57.8 Å². The summed E-state index contributed by atoms with van der Waals surface area (Å²) in [5, 5.41) is 0. The Balaban J connectivity index is 0.000000640. The molecule has 1 N–H and O–H groups in total. The third-order valence-electron chi connectivity index (χ3n) is 4.78. The Kier molecular flexibility index (Phi) is 12.0. The Morgan fingerprint density at radius 2 is 1.54 bits per heavy atom. The first-order chi connectivity index (χ1) is 16.5. The van der Waals surface area contributed by atoms with Crippen molar-refractivity contribution in [3.63, 3.8) is 0 Å². The summed E-state index contributed by atoms with van der Waals surface area (Å²) in [6.07, 6.45) is 18.5. The normalized spacial score (nSPS) is 15.0. The topological polar surface area (TPSA) is 101 Å². The second-order valence-electron chi connectivity index (χ2n) is 7.22. The van der Waals surface area contributed by atoms with Crippen LogP contribution in [0.4, 0.5) is 5.69 Å². The molecule has 0 spiro atoms. The van der Waals surface area contributed by atoms with Gasteiger partial charge < -0.3 is 9.64 Å². The predicted octanol–water partition coefficient (Wildman–Crippen LogP) is 2.17.